The van der Waals surface area contributed by atoms with Gasteiger partial charge in [-0.25, -0.2) is 4.98 Å². The van der Waals surface area contributed by atoms with E-state index in [0.717, 1.165) is 24.5 Å². The molecule has 0 aliphatic heterocycles. The molecule has 9 nitrogen and oxygen atoms in total. The molecule has 3 rings (SSSR count). The largest absolute Gasteiger partial charge is 0.506 e. The third-order valence-corrected chi connectivity index (χ3v) is 6.35. The molecular formula is C30H39N5O4. The van der Waals surface area contributed by atoms with E-state index in [1.54, 1.807) is 19.9 Å². The minimum atomic E-state index is -0.304. The molecule has 3 aromatic rings. The zero-order valence-electron chi connectivity index (χ0n) is 23.8. The highest BCUT2D eigenvalue weighted by atomic mass is 16.5. The van der Waals surface area contributed by atoms with E-state index in [0.29, 0.717) is 34.2 Å². The second-order valence-electron chi connectivity index (χ2n) is 9.57. The Balaban J connectivity index is 2.10. The lowest BCUT2D eigenvalue weighted by Crippen LogP contribution is -2.28. The van der Waals surface area contributed by atoms with Crippen LogP contribution in [-0.2, 0) is 9.59 Å². The van der Waals surface area contributed by atoms with Gasteiger partial charge in [-0.15, -0.1) is 0 Å². The van der Waals surface area contributed by atoms with E-state index in [2.05, 4.69) is 29.4 Å². The number of nitrogens with one attached hydrogen (secondary N) is 2. The van der Waals surface area contributed by atoms with Gasteiger partial charge in [-0.1, -0.05) is 32.0 Å². The zero-order valence-corrected chi connectivity index (χ0v) is 23.8. The molecule has 0 fully saturated rings. The van der Waals surface area contributed by atoms with Crippen molar-refractivity contribution < 1.29 is 19.4 Å². The van der Waals surface area contributed by atoms with Crippen molar-refractivity contribution in [3.8, 4) is 11.5 Å². The molecule has 0 saturated carbocycles. The van der Waals surface area contributed by atoms with Crippen LogP contribution >= 0.6 is 0 Å². The minimum absolute atomic E-state index is 0.0764. The number of para-hydroxylation sites is 1. The number of rotatable bonds is 11. The van der Waals surface area contributed by atoms with Crippen molar-refractivity contribution >= 4 is 40.4 Å². The first-order valence-electron chi connectivity index (χ1n) is 13.2. The second-order valence-corrected chi connectivity index (χ2v) is 9.57. The summed E-state index contributed by atoms with van der Waals surface area (Å²) < 4.78 is 5.73. The van der Waals surface area contributed by atoms with E-state index < -0.39 is 0 Å². The van der Waals surface area contributed by atoms with Crippen LogP contribution in [0.15, 0.2) is 48.5 Å². The van der Waals surface area contributed by atoms with E-state index in [-0.39, 0.29) is 30.2 Å². The molecule has 3 N–H and O–H groups in total. The lowest BCUT2D eigenvalue weighted by molar-refractivity contribution is -0.119. The fraction of sp³-hybridized carbons (Fsp3) is 0.367. The number of benzene rings is 2. The molecule has 0 bridgehead atoms. The van der Waals surface area contributed by atoms with Gasteiger partial charge in [0.15, 0.2) is 6.73 Å². The van der Waals surface area contributed by atoms with Gasteiger partial charge < -0.3 is 25.4 Å². The van der Waals surface area contributed by atoms with Crippen molar-refractivity contribution in [3.63, 3.8) is 0 Å². The van der Waals surface area contributed by atoms with Crippen LogP contribution in [-0.4, -0.2) is 41.7 Å². The highest BCUT2D eigenvalue weighted by Crippen LogP contribution is 2.42. The van der Waals surface area contributed by atoms with Gasteiger partial charge in [0.1, 0.15) is 17.3 Å². The molecule has 0 saturated heterocycles. The van der Waals surface area contributed by atoms with Gasteiger partial charge >= 0.3 is 0 Å². The lowest BCUT2D eigenvalue weighted by atomic mass is 10.1. The van der Waals surface area contributed by atoms with Gasteiger partial charge in [0.2, 0.25) is 11.8 Å². The summed E-state index contributed by atoms with van der Waals surface area (Å²) in [6.07, 6.45) is 0. The Hall–Kier alpha value is -4.27. The number of ether oxygens (including phenoxy) is 1. The highest BCUT2D eigenvalue weighted by Gasteiger charge is 2.26. The number of carbonyl (C=O) groups is 2. The predicted octanol–water partition coefficient (Wildman–Crippen LogP) is 5.98. The predicted molar refractivity (Wildman–Crippen MR) is 157 cm³/mol. The first kappa shape index (κ1) is 29.3. The second kappa shape index (κ2) is 13.0. The summed E-state index contributed by atoms with van der Waals surface area (Å²) in [5.41, 5.74) is 3.20. The van der Waals surface area contributed by atoms with Gasteiger partial charge in [0, 0.05) is 32.0 Å². The Morgan fingerprint density at radius 3 is 2.26 bits per heavy atom. The van der Waals surface area contributed by atoms with E-state index in [4.69, 9.17) is 9.72 Å². The molecule has 0 radical (unpaired) electrons. The molecule has 0 aliphatic rings. The molecule has 2 aromatic carbocycles. The molecule has 9 heteroatoms. The van der Waals surface area contributed by atoms with Crippen molar-refractivity contribution in [1.29, 1.82) is 0 Å². The van der Waals surface area contributed by atoms with E-state index in [9.17, 15) is 14.7 Å². The summed E-state index contributed by atoms with van der Waals surface area (Å²) in [5, 5.41) is 16.8. The normalized spacial score (nSPS) is 10.8. The maximum absolute atomic E-state index is 13.2. The first-order valence-corrected chi connectivity index (χ1v) is 13.2. The smallest absolute Gasteiger partial charge is 0.228 e. The Morgan fingerprint density at radius 2 is 1.69 bits per heavy atom. The van der Waals surface area contributed by atoms with E-state index in [1.807, 2.05) is 50.2 Å². The number of aryl methyl sites for hydroxylation is 2. The number of aromatic nitrogens is 1. The molecule has 39 heavy (non-hydrogen) atoms. The number of nitrogens with zero attached hydrogens (tertiary/aromatic N) is 3. The number of anilines is 5. The van der Waals surface area contributed by atoms with Crippen LogP contribution in [0.1, 0.15) is 45.9 Å². The SMILES string of the molecule is CCN(CC)c1cc(C)c(N(C(C)=O)c2cc(NCOc3ccccc3)c(O)cc2NC(=O)C(C)C)c(C)n1. The maximum atomic E-state index is 13.2. The third-order valence-electron chi connectivity index (χ3n) is 6.35. The maximum Gasteiger partial charge on any atom is 0.228 e. The fourth-order valence-electron chi connectivity index (χ4n) is 4.29. The minimum Gasteiger partial charge on any atom is -0.506 e. The van der Waals surface area contributed by atoms with E-state index in [1.165, 1.54) is 17.9 Å². The summed E-state index contributed by atoms with van der Waals surface area (Å²) in [6.45, 7) is 14.7. The average molecular weight is 534 g/mol. The van der Waals surface area contributed by atoms with Crippen LogP contribution in [0.25, 0.3) is 0 Å². The highest BCUT2D eigenvalue weighted by molar-refractivity contribution is 6.07. The monoisotopic (exact) mass is 533 g/mol. The van der Waals surface area contributed by atoms with Crippen molar-refractivity contribution in [3.05, 3.63) is 59.8 Å². The molecule has 0 atom stereocenters. The van der Waals surface area contributed by atoms with E-state index >= 15 is 0 Å². The van der Waals surface area contributed by atoms with Crippen LogP contribution in [0.5, 0.6) is 11.5 Å². The van der Waals surface area contributed by atoms with Crippen LogP contribution in [0.3, 0.4) is 0 Å². The summed E-state index contributed by atoms with van der Waals surface area (Å²) in [7, 11) is 0. The topological polar surface area (TPSA) is 107 Å². The molecule has 0 aliphatic carbocycles. The first-order chi connectivity index (χ1) is 18.6. The van der Waals surface area contributed by atoms with Gasteiger partial charge in [0.25, 0.3) is 0 Å². The van der Waals surface area contributed by atoms with Crippen molar-refractivity contribution in [2.24, 2.45) is 5.92 Å². The van der Waals surface area contributed by atoms with Crippen molar-refractivity contribution in [1.82, 2.24) is 4.98 Å². The van der Waals surface area contributed by atoms with Crippen LogP contribution in [0.4, 0.5) is 28.6 Å². The fourth-order valence-corrected chi connectivity index (χ4v) is 4.29. The number of phenols is 1. The number of hydrogen-bond acceptors (Lipinski definition) is 7. The lowest BCUT2D eigenvalue weighted by Gasteiger charge is -2.29. The van der Waals surface area contributed by atoms with Gasteiger partial charge in [-0.2, -0.15) is 0 Å². The van der Waals surface area contributed by atoms with Crippen molar-refractivity contribution in [2.45, 2.75) is 48.5 Å². The van der Waals surface area contributed by atoms with Gasteiger partial charge in [0.05, 0.1) is 28.4 Å². The number of aromatic hydroxyl groups is 1. The Labute approximate surface area is 230 Å². The number of pyridine rings is 1. The van der Waals surface area contributed by atoms with Crippen molar-refractivity contribution in [2.75, 3.05) is 40.3 Å². The quantitative estimate of drug-likeness (QED) is 0.206. The summed E-state index contributed by atoms with van der Waals surface area (Å²) >= 11 is 0. The van der Waals surface area contributed by atoms with Gasteiger partial charge in [-0.3, -0.25) is 14.5 Å². The number of phenolic OH excluding ortho intramolecular Hbond substituents is 1. The van der Waals surface area contributed by atoms with Crippen LogP contribution < -0.4 is 25.2 Å². The van der Waals surface area contributed by atoms with Crippen LogP contribution in [0.2, 0.25) is 0 Å². The molecule has 0 spiro atoms. The molecule has 208 valence electrons. The zero-order chi connectivity index (χ0) is 28.7. The summed E-state index contributed by atoms with van der Waals surface area (Å²) in [4.78, 5) is 34.4. The summed E-state index contributed by atoms with van der Waals surface area (Å²) in [6, 6.07) is 14.3. The molecule has 1 aromatic heterocycles. The standard InChI is InChI=1S/C30H39N5O4/c1-8-34(9-2)28-15-20(5)29(21(6)32-28)35(22(7)36)26-16-25(31-18-39-23-13-11-10-12-14-23)27(37)17-24(26)33-30(38)19(3)4/h10-17,19,31,37H,8-9,18H2,1-7H3,(H,33,38). The number of amides is 2. The van der Waals surface area contributed by atoms with Crippen LogP contribution in [0, 0.1) is 19.8 Å². The molecule has 2 amide bonds. The Bertz CT molecular complexity index is 1280. The number of hydrogen-bond donors (Lipinski definition) is 3. The summed E-state index contributed by atoms with van der Waals surface area (Å²) in [5.74, 6) is 0.595. The van der Waals surface area contributed by atoms with Gasteiger partial charge in [-0.05, 0) is 57.5 Å². The third kappa shape index (κ3) is 6.98. The average Bonchev–Trinajstić information content (AvgIpc) is 2.89. The Morgan fingerprint density at radius 1 is 1.03 bits per heavy atom. The molecular weight excluding hydrogens is 494 g/mol. The Kier molecular flexibility index (Phi) is 9.76. The number of carbonyl (C=O) groups excluding carboxylic acids is 2. The molecule has 0 unspecified atom stereocenters. The molecule has 1 heterocycles.